The zero-order valence-electron chi connectivity index (χ0n) is 15.9. The third-order valence-corrected chi connectivity index (χ3v) is 5.45. The maximum absolute atomic E-state index is 12.7. The van der Waals surface area contributed by atoms with Crippen LogP contribution in [0.5, 0.6) is 0 Å². The van der Waals surface area contributed by atoms with Crippen LogP contribution in [0, 0.1) is 18.8 Å². The first-order valence-corrected chi connectivity index (χ1v) is 9.55. The monoisotopic (exact) mass is 377 g/mol. The molecule has 0 aromatic carbocycles. The Kier molecular flexibility index (Phi) is 6.08. The van der Waals surface area contributed by atoms with E-state index in [0.29, 0.717) is 50.7 Å². The summed E-state index contributed by atoms with van der Waals surface area (Å²) >= 11 is 0. The highest BCUT2D eigenvalue weighted by Gasteiger charge is 2.33. The Morgan fingerprint density at radius 1 is 1.04 bits per heavy atom. The van der Waals surface area contributed by atoms with Crippen molar-refractivity contribution in [2.24, 2.45) is 11.8 Å². The van der Waals surface area contributed by atoms with Crippen molar-refractivity contribution in [3.05, 3.63) is 11.7 Å². The Morgan fingerprint density at radius 2 is 1.63 bits per heavy atom. The average molecular weight is 377 g/mol. The summed E-state index contributed by atoms with van der Waals surface area (Å²) < 4.78 is 4.99. The average Bonchev–Trinajstić information content (AvgIpc) is 3.11. The Morgan fingerprint density at radius 3 is 2.19 bits per heavy atom. The first-order valence-electron chi connectivity index (χ1n) is 9.55. The lowest BCUT2D eigenvalue weighted by molar-refractivity contribution is -0.142. The van der Waals surface area contributed by atoms with E-state index in [4.69, 9.17) is 4.52 Å². The number of nitrogens with zero attached hydrogens (tertiary/aromatic N) is 4. The molecule has 9 nitrogen and oxygen atoms in total. The molecular weight excluding hydrogens is 350 g/mol. The highest BCUT2D eigenvalue weighted by atomic mass is 16.5. The lowest BCUT2D eigenvalue weighted by Gasteiger charge is -2.36. The van der Waals surface area contributed by atoms with Gasteiger partial charge in [-0.15, -0.1) is 0 Å². The number of amides is 3. The number of likely N-dealkylation sites (tertiary alicyclic amines) is 2. The molecular formula is C18H27N5O4. The number of carbonyl (C=O) groups excluding carboxylic acids is 3. The number of piperidine rings is 2. The van der Waals surface area contributed by atoms with Crippen molar-refractivity contribution in [3.8, 4) is 0 Å². The molecule has 0 atom stereocenters. The summed E-state index contributed by atoms with van der Waals surface area (Å²) in [4.78, 5) is 44.2. The number of hydrogen-bond donors (Lipinski definition) is 1. The quantitative estimate of drug-likeness (QED) is 0.818. The van der Waals surface area contributed by atoms with Crippen LogP contribution < -0.4 is 5.32 Å². The fraction of sp³-hybridized carbons (Fsp3) is 0.722. The fourth-order valence-corrected chi connectivity index (χ4v) is 3.78. The first kappa shape index (κ1) is 19.3. The largest absolute Gasteiger partial charge is 0.347 e. The standard InChI is InChI=1S/C18H27N5O4/c1-12-20-16(27-21-12)11-19-17(25)14-3-9-23(10-4-14)18(26)15-5-7-22(8-6-15)13(2)24/h14-15H,3-11H2,1-2H3,(H,19,25). The summed E-state index contributed by atoms with van der Waals surface area (Å²) in [5.41, 5.74) is 0. The second-order valence-corrected chi connectivity index (χ2v) is 7.33. The van der Waals surface area contributed by atoms with E-state index in [1.165, 1.54) is 0 Å². The third-order valence-electron chi connectivity index (χ3n) is 5.45. The highest BCUT2D eigenvalue weighted by molar-refractivity contribution is 5.81. The zero-order valence-corrected chi connectivity index (χ0v) is 15.9. The number of aromatic nitrogens is 2. The number of rotatable bonds is 4. The lowest BCUT2D eigenvalue weighted by atomic mass is 9.91. The molecule has 2 saturated heterocycles. The smallest absolute Gasteiger partial charge is 0.246 e. The predicted octanol–water partition coefficient (Wildman–Crippen LogP) is 0.491. The van der Waals surface area contributed by atoms with Crippen LogP contribution in [-0.4, -0.2) is 63.8 Å². The summed E-state index contributed by atoms with van der Waals surface area (Å²) in [6.07, 6.45) is 2.77. The molecule has 1 aromatic rings. The van der Waals surface area contributed by atoms with Crippen molar-refractivity contribution < 1.29 is 18.9 Å². The molecule has 0 spiro atoms. The molecule has 0 unspecified atom stereocenters. The molecule has 0 aliphatic carbocycles. The van der Waals surface area contributed by atoms with Crippen molar-refractivity contribution >= 4 is 17.7 Å². The van der Waals surface area contributed by atoms with Gasteiger partial charge in [0, 0.05) is 44.9 Å². The van der Waals surface area contributed by atoms with Crippen LogP contribution >= 0.6 is 0 Å². The van der Waals surface area contributed by atoms with Crippen LogP contribution in [-0.2, 0) is 20.9 Å². The summed E-state index contributed by atoms with van der Waals surface area (Å²) in [6, 6.07) is 0. The minimum atomic E-state index is -0.0994. The van der Waals surface area contributed by atoms with E-state index >= 15 is 0 Å². The van der Waals surface area contributed by atoms with E-state index in [-0.39, 0.29) is 36.1 Å². The van der Waals surface area contributed by atoms with Gasteiger partial charge in [-0.25, -0.2) is 0 Å². The van der Waals surface area contributed by atoms with Gasteiger partial charge in [-0.05, 0) is 32.6 Å². The van der Waals surface area contributed by atoms with Gasteiger partial charge in [-0.2, -0.15) is 4.98 Å². The van der Waals surface area contributed by atoms with Crippen molar-refractivity contribution in [1.82, 2.24) is 25.3 Å². The number of hydrogen-bond acceptors (Lipinski definition) is 6. The van der Waals surface area contributed by atoms with Crippen LogP contribution in [0.4, 0.5) is 0 Å². The Labute approximate surface area is 158 Å². The molecule has 9 heteroatoms. The van der Waals surface area contributed by atoms with Gasteiger partial charge in [-0.1, -0.05) is 5.16 Å². The van der Waals surface area contributed by atoms with Gasteiger partial charge >= 0.3 is 0 Å². The van der Waals surface area contributed by atoms with Gasteiger partial charge < -0.3 is 19.6 Å². The van der Waals surface area contributed by atoms with Gasteiger partial charge in [0.25, 0.3) is 0 Å². The molecule has 3 heterocycles. The van der Waals surface area contributed by atoms with Crippen molar-refractivity contribution in [2.75, 3.05) is 26.2 Å². The Bertz CT molecular complexity index is 688. The lowest BCUT2D eigenvalue weighted by Crippen LogP contribution is -2.47. The number of nitrogens with one attached hydrogen (secondary N) is 1. The number of carbonyl (C=O) groups is 3. The van der Waals surface area contributed by atoms with Crippen molar-refractivity contribution in [3.63, 3.8) is 0 Å². The Hall–Kier alpha value is -2.45. The van der Waals surface area contributed by atoms with E-state index in [0.717, 1.165) is 12.8 Å². The summed E-state index contributed by atoms with van der Waals surface area (Å²) in [6.45, 7) is 6.03. The SMILES string of the molecule is CC(=O)N1CCC(C(=O)N2CCC(C(=O)NCc3nc(C)no3)CC2)CC1. The first-order chi connectivity index (χ1) is 12.9. The highest BCUT2D eigenvalue weighted by Crippen LogP contribution is 2.24. The third kappa shape index (κ3) is 4.84. The molecule has 2 aliphatic rings. The maximum atomic E-state index is 12.7. The predicted molar refractivity (Wildman–Crippen MR) is 95.2 cm³/mol. The van der Waals surface area contributed by atoms with E-state index in [2.05, 4.69) is 15.5 Å². The van der Waals surface area contributed by atoms with Gasteiger partial charge in [0.05, 0.1) is 6.54 Å². The van der Waals surface area contributed by atoms with Gasteiger partial charge in [-0.3, -0.25) is 14.4 Å². The Balaban J connectivity index is 1.41. The van der Waals surface area contributed by atoms with Crippen LogP contribution in [0.2, 0.25) is 0 Å². The minimum absolute atomic E-state index is 0.00765. The molecule has 27 heavy (non-hydrogen) atoms. The van der Waals surface area contributed by atoms with Crippen LogP contribution in [0.15, 0.2) is 4.52 Å². The van der Waals surface area contributed by atoms with Crippen LogP contribution in [0.1, 0.15) is 44.3 Å². The molecule has 2 aliphatic heterocycles. The fourth-order valence-electron chi connectivity index (χ4n) is 3.78. The summed E-state index contributed by atoms with van der Waals surface area (Å²) in [5, 5.41) is 6.52. The van der Waals surface area contributed by atoms with Crippen molar-refractivity contribution in [1.29, 1.82) is 0 Å². The molecule has 148 valence electrons. The summed E-state index contributed by atoms with van der Waals surface area (Å²) in [5.74, 6) is 1.03. The molecule has 0 saturated carbocycles. The summed E-state index contributed by atoms with van der Waals surface area (Å²) in [7, 11) is 0. The van der Waals surface area contributed by atoms with Gasteiger partial charge in [0.15, 0.2) is 5.82 Å². The second-order valence-electron chi connectivity index (χ2n) is 7.33. The van der Waals surface area contributed by atoms with Gasteiger partial charge in [0.2, 0.25) is 23.6 Å². The molecule has 0 radical (unpaired) electrons. The molecule has 3 rings (SSSR count). The minimum Gasteiger partial charge on any atom is -0.347 e. The normalized spacial score (nSPS) is 19.2. The maximum Gasteiger partial charge on any atom is 0.246 e. The second kappa shape index (κ2) is 8.49. The molecule has 3 amide bonds. The molecule has 1 aromatic heterocycles. The number of aryl methyl sites for hydroxylation is 1. The van der Waals surface area contributed by atoms with Crippen LogP contribution in [0.25, 0.3) is 0 Å². The molecule has 1 N–H and O–H groups in total. The molecule has 0 bridgehead atoms. The van der Waals surface area contributed by atoms with E-state index in [1.807, 2.05) is 4.90 Å². The van der Waals surface area contributed by atoms with Crippen LogP contribution in [0.3, 0.4) is 0 Å². The van der Waals surface area contributed by atoms with Crippen molar-refractivity contribution in [2.45, 2.75) is 46.1 Å². The van der Waals surface area contributed by atoms with E-state index in [1.54, 1.807) is 18.7 Å². The van der Waals surface area contributed by atoms with E-state index in [9.17, 15) is 14.4 Å². The van der Waals surface area contributed by atoms with Gasteiger partial charge in [0.1, 0.15) is 0 Å². The topological polar surface area (TPSA) is 109 Å². The van der Waals surface area contributed by atoms with E-state index < -0.39 is 0 Å². The zero-order chi connectivity index (χ0) is 19.4. The molecule has 2 fully saturated rings.